The van der Waals surface area contributed by atoms with Crippen LogP contribution < -0.4 is 10.1 Å². The van der Waals surface area contributed by atoms with E-state index in [0.29, 0.717) is 10.8 Å². The molecule has 2 aliphatic rings. The lowest BCUT2D eigenvalue weighted by Gasteiger charge is -2.30. The summed E-state index contributed by atoms with van der Waals surface area (Å²) >= 11 is 0. The predicted molar refractivity (Wildman–Crippen MR) is 92.0 cm³/mol. The summed E-state index contributed by atoms with van der Waals surface area (Å²) in [6, 6.07) is 5.82. The normalized spacial score (nSPS) is 24.4. The van der Waals surface area contributed by atoms with Gasteiger partial charge in [-0.25, -0.2) is 9.59 Å². The molecule has 1 unspecified atom stereocenters. The van der Waals surface area contributed by atoms with Gasteiger partial charge in [-0.2, -0.15) is 5.06 Å². The van der Waals surface area contributed by atoms with Crippen LogP contribution in [0.15, 0.2) is 24.3 Å². The summed E-state index contributed by atoms with van der Waals surface area (Å²) in [5.74, 6) is -2.65. The SMILES string of the molecule is CC(C)c1ccccc1OC(=O)N[C@H]1CON(C2(C(=O)O)CCC(=O)O2)C1=O. The Morgan fingerprint density at radius 1 is 1.32 bits per heavy atom. The third-order valence-electron chi connectivity index (χ3n) is 4.52. The number of benzene rings is 1. The van der Waals surface area contributed by atoms with E-state index in [0.717, 1.165) is 5.56 Å². The van der Waals surface area contributed by atoms with Gasteiger partial charge >= 0.3 is 23.8 Å². The number of para-hydroxylation sites is 1. The Kier molecular flexibility index (Phi) is 5.23. The van der Waals surface area contributed by atoms with E-state index in [1.54, 1.807) is 12.1 Å². The number of rotatable bonds is 5. The zero-order valence-electron chi connectivity index (χ0n) is 15.3. The molecule has 10 heteroatoms. The molecule has 2 aliphatic heterocycles. The largest absolute Gasteiger partial charge is 0.477 e. The molecular formula is C18H20N2O8. The number of ether oxygens (including phenoxy) is 2. The van der Waals surface area contributed by atoms with Crippen molar-refractivity contribution in [2.24, 2.45) is 0 Å². The molecule has 2 N–H and O–H groups in total. The van der Waals surface area contributed by atoms with Crippen molar-refractivity contribution in [3.63, 3.8) is 0 Å². The van der Waals surface area contributed by atoms with E-state index >= 15 is 0 Å². The van der Waals surface area contributed by atoms with Crippen molar-refractivity contribution in [1.29, 1.82) is 0 Å². The molecule has 0 radical (unpaired) electrons. The van der Waals surface area contributed by atoms with Gasteiger partial charge in [-0.15, -0.1) is 0 Å². The van der Waals surface area contributed by atoms with Crippen LogP contribution in [0.1, 0.15) is 38.2 Å². The summed E-state index contributed by atoms with van der Waals surface area (Å²) in [6.07, 6.45) is -1.29. The molecule has 3 rings (SSSR count). The molecular weight excluding hydrogens is 372 g/mol. The van der Waals surface area contributed by atoms with Crippen LogP contribution in [0.25, 0.3) is 0 Å². The Labute approximate surface area is 160 Å². The zero-order valence-corrected chi connectivity index (χ0v) is 15.3. The number of hydroxylamine groups is 2. The van der Waals surface area contributed by atoms with Gasteiger partial charge in [0, 0.05) is 6.42 Å². The second kappa shape index (κ2) is 7.47. The zero-order chi connectivity index (χ0) is 20.5. The average molecular weight is 392 g/mol. The van der Waals surface area contributed by atoms with E-state index in [-0.39, 0.29) is 25.4 Å². The average Bonchev–Trinajstić information content (AvgIpc) is 3.19. The molecule has 0 saturated carbocycles. The Bertz CT molecular complexity index is 824. The number of aliphatic carboxylic acids is 1. The first-order chi connectivity index (χ1) is 13.2. The number of esters is 1. The quantitative estimate of drug-likeness (QED) is 0.714. The van der Waals surface area contributed by atoms with Crippen LogP contribution in [0.4, 0.5) is 4.79 Å². The number of hydrogen-bond donors (Lipinski definition) is 2. The van der Waals surface area contributed by atoms with E-state index in [2.05, 4.69) is 5.32 Å². The van der Waals surface area contributed by atoms with Gasteiger partial charge in [0.1, 0.15) is 18.4 Å². The van der Waals surface area contributed by atoms with Gasteiger partial charge in [0.05, 0.1) is 6.42 Å². The number of hydrogen-bond acceptors (Lipinski definition) is 7. The number of carbonyl (C=O) groups is 4. The molecule has 10 nitrogen and oxygen atoms in total. The third-order valence-corrected chi connectivity index (χ3v) is 4.52. The summed E-state index contributed by atoms with van der Waals surface area (Å²) in [7, 11) is 0. The third kappa shape index (κ3) is 3.50. The van der Waals surface area contributed by atoms with Crippen LogP contribution >= 0.6 is 0 Å². The van der Waals surface area contributed by atoms with Crippen LogP contribution in [0.5, 0.6) is 5.75 Å². The minimum absolute atomic E-state index is 0.114. The number of carboxylic acids is 1. The highest BCUT2D eigenvalue weighted by Crippen LogP contribution is 2.34. The van der Waals surface area contributed by atoms with E-state index in [1.165, 1.54) is 0 Å². The number of carbonyl (C=O) groups excluding carboxylic acids is 3. The van der Waals surface area contributed by atoms with E-state index in [1.807, 2.05) is 26.0 Å². The fourth-order valence-corrected chi connectivity index (χ4v) is 3.08. The highest BCUT2D eigenvalue weighted by molar-refractivity contribution is 5.93. The Balaban J connectivity index is 1.68. The fraction of sp³-hybridized carbons (Fsp3) is 0.444. The number of nitrogens with zero attached hydrogens (tertiary/aromatic N) is 1. The predicted octanol–water partition coefficient (Wildman–Crippen LogP) is 1.16. The van der Waals surface area contributed by atoms with E-state index in [9.17, 15) is 24.3 Å². The molecule has 28 heavy (non-hydrogen) atoms. The Morgan fingerprint density at radius 3 is 2.64 bits per heavy atom. The maximum atomic E-state index is 12.5. The lowest BCUT2D eigenvalue weighted by atomic mass is 10.0. The molecule has 1 aromatic carbocycles. The summed E-state index contributed by atoms with van der Waals surface area (Å²) in [5.41, 5.74) is -1.41. The minimum Gasteiger partial charge on any atom is -0.477 e. The molecule has 0 aromatic heterocycles. The molecule has 2 heterocycles. The van der Waals surface area contributed by atoms with Gasteiger partial charge in [0.15, 0.2) is 0 Å². The van der Waals surface area contributed by atoms with Crippen LogP contribution in [0.2, 0.25) is 0 Å². The summed E-state index contributed by atoms with van der Waals surface area (Å²) in [6.45, 7) is 3.58. The monoisotopic (exact) mass is 392 g/mol. The van der Waals surface area contributed by atoms with Crippen molar-refractivity contribution < 1.29 is 38.6 Å². The fourth-order valence-electron chi connectivity index (χ4n) is 3.08. The molecule has 2 atom stereocenters. The second-order valence-electron chi connectivity index (χ2n) is 6.77. The molecule has 0 spiro atoms. The highest BCUT2D eigenvalue weighted by atomic mass is 16.7. The maximum absolute atomic E-state index is 12.5. The van der Waals surface area contributed by atoms with Gasteiger partial charge in [-0.3, -0.25) is 14.4 Å². The molecule has 2 amide bonds. The first-order valence-corrected chi connectivity index (χ1v) is 8.74. The van der Waals surface area contributed by atoms with E-state index < -0.39 is 35.7 Å². The van der Waals surface area contributed by atoms with Crippen LogP contribution in [-0.2, 0) is 24.0 Å². The lowest BCUT2D eigenvalue weighted by Crippen LogP contribution is -2.56. The Morgan fingerprint density at radius 2 is 2.04 bits per heavy atom. The second-order valence-corrected chi connectivity index (χ2v) is 6.77. The summed E-state index contributed by atoms with van der Waals surface area (Å²) < 4.78 is 10.1. The van der Waals surface area contributed by atoms with Crippen LogP contribution in [0, 0.1) is 0 Å². The molecule has 0 bridgehead atoms. The van der Waals surface area contributed by atoms with Crippen molar-refractivity contribution in [3.8, 4) is 5.75 Å². The van der Waals surface area contributed by atoms with Crippen molar-refractivity contribution in [3.05, 3.63) is 29.8 Å². The lowest BCUT2D eigenvalue weighted by molar-refractivity contribution is -0.256. The molecule has 1 aromatic rings. The van der Waals surface area contributed by atoms with Crippen molar-refractivity contribution >= 4 is 23.9 Å². The number of nitrogens with one attached hydrogen (secondary N) is 1. The first kappa shape index (κ1) is 19.6. The Hall–Kier alpha value is -3.14. The van der Waals surface area contributed by atoms with Crippen LogP contribution in [0.3, 0.4) is 0 Å². The minimum atomic E-state index is -2.22. The topological polar surface area (TPSA) is 131 Å². The molecule has 0 aliphatic carbocycles. The van der Waals surface area contributed by atoms with Crippen LogP contribution in [-0.4, -0.2) is 52.5 Å². The number of amides is 2. The van der Waals surface area contributed by atoms with Crippen molar-refractivity contribution in [2.45, 2.75) is 44.4 Å². The summed E-state index contributed by atoms with van der Waals surface area (Å²) in [4.78, 5) is 52.9. The standard InChI is InChI=1S/C18H20N2O8/c1-10(2)11-5-3-4-6-13(11)27-17(25)19-12-9-26-20(15(12)22)18(16(23)24)8-7-14(21)28-18/h3-6,10,12H,7-9H2,1-2H3,(H,19,25)(H,23,24)/t12-,18?/m0/s1. The van der Waals surface area contributed by atoms with Gasteiger partial charge in [0.2, 0.25) is 0 Å². The smallest absolute Gasteiger partial charge is 0.413 e. The van der Waals surface area contributed by atoms with Crippen molar-refractivity contribution in [2.75, 3.05) is 6.61 Å². The molecule has 150 valence electrons. The maximum Gasteiger partial charge on any atom is 0.413 e. The molecule has 2 saturated heterocycles. The first-order valence-electron chi connectivity index (χ1n) is 8.74. The molecule has 2 fully saturated rings. The van der Waals surface area contributed by atoms with Crippen molar-refractivity contribution in [1.82, 2.24) is 10.4 Å². The van der Waals surface area contributed by atoms with Gasteiger partial charge in [0.25, 0.3) is 5.91 Å². The van der Waals surface area contributed by atoms with Gasteiger partial charge in [-0.05, 0) is 17.5 Å². The number of carboxylic acid groups (broad SMARTS) is 1. The van der Waals surface area contributed by atoms with E-state index in [4.69, 9.17) is 14.3 Å². The van der Waals surface area contributed by atoms with Gasteiger partial charge < -0.3 is 19.9 Å². The highest BCUT2D eigenvalue weighted by Gasteiger charge is 2.59. The summed E-state index contributed by atoms with van der Waals surface area (Å²) in [5, 5.41) is 12.3. The number of cyclic esters (lactones) is 1. The van der Waals surface area contributed by atoms with Gasteiger partial charge in [-0.1, -0.05) is 32.0 Å².